The third kappa shape index (κ3) is 3.12. The van der Waals surface area contributed by atoms with E-state index in [1.54, 1.807) is 30.3 Å². The number of hydrogen-bond donors (Lipinski definition) is 3. The summed E-state index contributed by atoms with van der Waals surface area (Å²) in [6.45, 7) is 0. The summed E-state index contributed by atoms with van der Waals surface area (Å²) >= 11 is 4.86. The van der Waals surface area contributed by atoms with Crippen LogP contribution in [0.15, 0.2) is 41.5 Å². The van der Waals surface area contributed by atoms with E-state index in [0.29, 0.717) is 16.0 Å². The molecular weight excluding hydrogens is 236 g/mol. The Morgan fingerprint density at radius 3 is 2.82 bits per heavy atom. The van der Waals surface area contributed by atoms with Crippen LogP contribution in [0.5, 0.6) is 5.75 Å². The number of nitrogens with zero attached hydrogens (tertiary/aromatic N) is 2. The topological polar surface area (TPSA) is 73.3 Å². The Hall–Kier alpha value is -2.21. The van der Waals surface area contributed by atoms with E-state index in [-0.39, 0.29) is 5.75 Å². The van der Waals surface area contributed by atoms with Crippen LogP contribution in [0.2, 0.25) is 0 Å². The van der Waals surface area contributed by atoms with Crippen molar-refractivity contribution in [3.8, 4) is 5.75 Å². The van der Waals surface area contributed by atoms with Gasteiger partial charge in [-0.05, 0) is 24.3 Å². The van der Waals surface area contributed by atoms with Gasteiger partial charge in [-0.2, -0.15) is 10.2 Å². The van der Waals surface area contributed by atoms with Gasteiger partial charge in [-0.25, -0.2) is 0 Å². The summed E-state index contributed by atoms with van der Waals surface area (Å²) in [5.41, 5.74) is 3.35. The van der Waals surface area contributed by atoms with Crippen LogP contribution in [-0.2, 0) is 0 Å². The fourth-order valence-electron chi connectivity index (χ4n) is 1.17. The minimum Gasteiger partial charge on any atom is -0.507 e. The number of benzene rings is 1. The van der Waals surface area contributed by atoms with Gasteiger partial charge < -0.3 is 5.11 Å². The summed E-state index contributed by atoms with van der Waals surface area (Å²) in [4.78, 5) is 0. The van der Waals surface area contributed by atoms with Gasteiger partial charge in [-0.3, -0.25) is 10.5 Å². The van der Waals surface area contributed by atoms with Crippen LogP contribution in [0.25, 0.3) is 0 Å². The van der Waals surface area contributed by atoms with Crippen LogP contribution in [0.1, 0.15) is 5.56 Å². The molecule has 1 aromatic heterocycles. The molecule has 0 fully saturated rings. The van der Waals surface area contributed by atoms with E-state index >= 15 is 0 Å². The Morgan fingerprint density at radius 1 is 1.29 bits per heavy atom. The number of phenols is 1. The van der Waals surface area contributed by atoms with Crippen molar-refractivity contribution >= 4 is 24.3 Å². The Kier molecular flexibility index (Phi) is 3.46. The van der Waals surface area contributed by atoms with Crippen LogP contribution < -0.4 is 5.43 Å². The van der Waals surface area contributed by atoms with Crippen LogP contribution >= 0.6 is 12.2 Å². The molecule has 0 radical (unpaired) electrons. The number of hydrazone groups is 1. The van der Waals surface area contributed by atoms with Crippen molar-refractivity contribution in [1.82, 2.24) is 10.2 Å². The Balaban J connectivity index is 2.05. The molecule has 17 heavy (non-hydrogen) atoms. The highest BCUT2D eigenvalue weighted by atomic mass is 32.1. The van der Waals surface area contributed by atoms with Gasteiger partial charge in [-0.15, -0.1) is 0 Å². The average molecular weight is 246 g/mol. The smallest absolute Gasteiger partial charge is 0.166 e. The zero-order valence-electron chi connectivity index (χ0n) is 8.79. The number of anilines is 1. The average Bonchev–Trinajstić information content (AvgIpc) is 2.34. The SMILES string of the molecule is Oc1ccccc1/C=N/Nc1ccc(=S)[nH]n1. The molecule has 0 saturated heterocycles. The van der Waals surface area contributed by atoms with Crippen molar-refractivity contribution in [3.05, 3.63) is 46.6 Å². The lowest BCUT2D eigenvalue weighted by atomic mass is 10.2. The van der Waals surface area contributed by atoms with E-state index in [0.717, 1.165) is 0 Å². The lowest BCUT2D eigenvalue weighted by molar-refractivity contribution is 0.474. The van der Waals surface area contributed by atoms with E-state index in [2.05, 4.69) is 20.7 Å². The first kappa shape index (κ1) is 11.3. The summed E-state index contributed by atoms with van der Waals surface area (Å²) in [7, 11) is 0. The molecule has 86 valence electrons. The third-order valence-corrected chi connectivity index (χ3v) is 2.23. The van der Waals surface area contributed by atoms with E-state index in [1.165, 1.54) is 6.21 Å². The molecule has 1 aromatic carbocycles. The predicted molar refractivity (Wildman–Crippen MR) is 68.7 cm³/mol. The van der Waals surface area contributed by atoms with Gasteiger partial charge in [0.15, 0.2) is 5.82 Å². The van der Waals surface area contributed by atoms with E-state index in [9.17, 15) is 5.11 Å². The number of aromatic nitrogens is 2. The fourth-order valence-corrected chi connectivity index (χ4v) is 1.29. The maximum atomic E-state index is 9.49. The van der Waals surface area contributed by atoms with Crippen molar-refractivity contribution < 1.29 is 5.11 Å². The number of hydrogen-bond acceptors (Lipinski definition) is 5. The number of nitrogens with one attached hydrogen (secondary N) is 2. The van der Waals surface area contributed by atoms with E-state index in [1.807, 2.05) is 6.07 Å². The largest absolute Gasteiger partial charge is 0.507 e. The second kappa shape index (κ2) is 5.22. The Bertz CT molecular complexity index is 574. The maximum Gasteiger partial charge on any atom is 0.166 e. The monoisotopic (exact) mass is 246 g/mol. The van der Waals surface area contributed by atoms with Crippen molar-refractivity contribution in [2.45, 2.75) is 0 Å². The highest BCUT2D eigenvalue weighted by Gasteiger charge is 1.94. The quantitative estimate of drug-likeness (QED) is 0.441. The predicted octanol–water partition coefficient (Wildman–Crippen LogP) is 2.29. The molecule has 0 amide bonds. The van der Waals surface area contributed by atoms with Crippen LogP contribution in [0.4, 0.5) is 5.82 Å². The Labute approximate surface area is 103 Å². The zero-order chi connectivity index (χ0) is 12.1. The van der Waals surface area contributed by atoms with Crippen LogP contribution in [-0.4, -0.2) is 21.5 Å². The first-order valence-corrected chi connectivity index (χ1v) is 5.29. The van der Waals surface area contributed by atoms with Crippen molar-refractivity contribution in [2.24, 2.45) is 5.10 Å². The first-order valence-electron chi connectivity index (χ1n) is 4.88. The molecule has 0 atom stereocenters. The fraction of sp³-hybridized carbons (Fsp3) is 0. The summed E-state index contributed by atoms with van der Waals surface area (Å²) in [6.07, 6.45) is 1.51. The molecular formula is C11H10N4OS. The number of rotatable bonds is 3. The van der Waals surface area contributed by atoms with E-state index in [4.69, 9.17) is 12.2 Å². The minimum atomic E-state index is 0.179. The van der Waals surface area contributed by atoms with Gasteiger partial charge in [0.1, 0.15) is 10.4 Å². The molecule has 0 bridgehead atoms. The summed E-state index contributed by atoms with van der Waals surface area (Å²) in [5, 5.41) is 20.0. The highest BCUT2D eigenvalue weighted by molar-refractivity contribution is 7.71. The summed E-state index contributed by atoms with van der Waals surface area (Å²) in [6, 6.07) is 10.3. The van der Waals surface area contributed by atoms with Crippen LogP contribution in [0.3, 0.4) is 0 Å². The highest BCUT2D eigenvalue weighted by Crippen LogP contribution is 2.12. The van der Waals surface area contributed by atoms with Crippen molar-refractivity contribution in [3.63, 3.8) is 0 Å². The van der Waals surface area contributed by atoms with E-state index < -0.39 is 0 Å². The van der Waals surface area contributed by atoms with Gasteiger partial charge in [0.25, 0.3) is 0 Å². The minimum absolute atomic E-state index is 0.179. The summed E-state index contributed by atoms with van der Waals surface area (Å²) in [5.74, 6) is 0.726. The first-order chi connectivity index (χ1) is 8.25. The third-order valence-electron chi connectivity index (χ3n) is 2.00. The molecule has 0 aliphatic rings. The van der Waals surface area contributed by atoms with Crippen molar-refractivity contribution in [2.75, 3.05) is 5.43 Å². The molecule has 2 aromatic rings. The number of H-pyrrole nitrogens is 1. The van der Waals surface area contributed by atoms with Crippen LogP contribution in [0, 0.1) is 4.64 Å². The molecule has 0 spiro atoms. The van der Waals surface area contributed by atoms with Gasteiger partial charge in [-0.1, -0.05) is 24.4 Å². The molecule has 3 N–H and O–H groups in total. The molecule has 0 unspecified atom stereocenters. The second-order valence-electron chi connectivity index (χ2n) is 3.24. The second-order valence-corrected chi connectivity index (χ2v) is 3.68. The number of para-hydroxylation sites is 1. The number of aromatic amines is 1. The Morgan fingerprint density at radius 2 is 2.12 bits per heavy atom. The molecule has 0 aliphatic carbocycles. The van der Waals surface area contributed by atoms with Gasteiger partial charge in [0.05, 0.1) is 6.21 Å². The number of aromatic hydroxyl groups is 1. The lowest BCUT2D eigenvalue weighted by Gasteiger charge is -1.98. The molecule has 0 saturated carbocycles. The normalized spacial score (nSPS) is 10.6. The zero-order valence-corrected chi connectivity index (χ0v) is 9.61. The molecule has 0 aliphatic heterocycles. The summed E-state index contributed by atoms with van der Waals surface area (Å²) < 4.78 is 0.556. The molecule has 2 rings (SSSR count). The van der Waals surface area contributed by atoms with Gasteiger partial charge >= 0.3 is 0 Å². The standard InChI is InChI=1S/C11H10N4OS/c16-9-4-2-1-3-8(9)7-12-13-10-5-6-11(17)15-14-10/h1-7,16H,(H,13,14)(H,15,17)/b12-7+. The number of phenolic OH excluding ortho intramolecular Hbond substituents is 1. The van der Waals surface area contributed by atoms with Gasteiger partial charge in [0.2, 0.25) is 0 Å². The molecule has 5 nitrogen and oxygen atoms in total. The lowest BCUT2D eigenvalue weighted by Crippen LogP contribution is -1.94. The van der Waals surface area contributed by atoms with Gasteiger partial charge in [0, 0.05) is 5.56 Å². The molecule has 1 heterocycles. The maximum absolute atomic E-state index is 9.49. The van der Waals surface area contributed by atoms with Crippen molar-refractivity contribution in [1.29, 1.82) is 0 Å². The molecule has 6 heteroatoms.